The summed E-state index contributed by atoms with van der Waals surface area (Å²) in [5.74, 6) is -0.202. The van der Waals surface area contributed by atoms with Gasteiger partial charge in [-0.1, -0.05) is 12.1 Å². The first-order valence-corrected chi connectivity index (χ1v) is 9.49. The van der Waals surface area contributed by atoms with Crippen LogP contribution in [0.1, 0.15) is 5.56 Å². The summed E-state index contributed by atoms with van der Waals surface area (Å²) in [7, 11) is 0. The zero-order valence-electron chi connectivity index (χ0n) is 16.1. The van der Waals surface area contributed by atoms with E-state index in [-0.39, 0.29) is 19.3 Å². The van der Waals surface area contributed by atoms with Gasteiger partial charge in [-0.15, -0.1) is 0 Å². The highest BCUT2D eigenvalue weighted by atomic mass is 19.2. The molecule has 152 valence electrons. The number of rotatable bonds is 3. The Kier molecular flexibility index (Phi) is 4.36. The number of aromatic nitrogens is 3. The quantitative estimate of drug-likeness (QED) is 0.534. The second-order valence-corrected chi connectivity index (χ2v) is 7.23. The zero-order valence-corrected chi connectivity index (χ0v) is 16.1. The number of anilines is 2. The fourth-order valence-electron chi connectivity index (χ4n) is 3.68. The van der Waals surface area contributed by atoms with E-state index in [2.05, 4.69) is 15.0 Å². The topological polar surface area (TPSA) is 74.3 Å². The van der Waals surface area contributed by atoms with Crippen LogP contribution in [0.4, 0.5) is 20.3 Å². The number of aliphatic hydroxyl groups excluding tert-OH is 1. The first-order chi connectivity index (χ1) is 14.5. The van der Waals surface area contributed by atoms with E-state index in [1.807, 2.05) is 42.2 Å². The van der Waals surface area contributed by atoms with Gasteiger partial charge in [0, 0.05) is 18.3 Å². The molecule has 0 radical (unpaired) electrons. The molecular formula is C22H18F2N4O2. The second kappa shape index (κ2) is 7.07. The van der Waals surface area contributed by atoms with Crippen LogP contribution >= 0.6 is 0 Å². The van der Waals surface area contributed by atoms with E-state index >= 15 is 0 Å². The molecule has 2 N–H and O–H groups in total. The molecule has 1 aliphatic heterocycles. The van der Waals surface area contributed by atoms with Crippen molar-refractivity contribution in [3.05, 3.63) is 65.9 Å². The highest BCUT2D eigenvalue weighted by molar-refractivity contribution is 5.85. The molecule has 1 atom stereocenters. The van der Waals surface area contributed by atoms with Crippen molar-refractivity contribution < 1.29 is 18.6 Å². The summed E-state index contributed by atoms with van der Waals surface area (Å²) < 4.78 is 33.2. The Morgan fingerprint density at radius 1 is 1.20 bits per heavy atom. The van der Waals surface area contributed by atoms with Gasteiger partial charge < -0.3 is 19.7 Å². The van der Waals surface area contributed by atoms with Gasteiger partial charge in [0.15, 0.2) is 17.4 Å². The minimum atomic E-state index is -0.950. The maximum absolute atomic E-state index is 13.6. The molecule has 6 nitrogen and oxygen atoms in total. The summed E-state index contributed by atoms with van der Waals surface area (Å²) >= 11 is 0. The van der Waals surface area contributed by atoms with Crippen LogP contribution in [0.2, 0.25) is 0 Å². The van der Waals surface area contributed by atoms with Crippen LogP contribution in [-0.2, 0) is 0 Å². The number of hydrogen-bond donors (Lipinski definition) is 2. The van der Waals surface area contributed by atoms with E-state index < -0.39 is 11.6 Å². The van der Waals surface area contributed by atoms with Crippen LogP contribution < -0.4 is 9.64 Å². The third-order valence-corrected chi connectivity index (χ3v) is 5.17. The summed E-state index contributed by atoms with van der Waals surface area (Å²) in [5.41, 5.74) is 3.12. The van der Waals surface area contributed by atoms with E-state index in [9.17, 15) is 13.9 Å². The Labute approximate surface area is 170 Å². The molecule has 0 fully saturated rings. The number of halogens is 2. The predicted octanol–water partition coefficient (Wildman–Crippen LogP) is 4.10. The van der Waals surface area contributed by atoms with Crippen molar-refractivity contribution >= 4 is 22.5 Å². The van der Waals surface area contributed by atoms with Gasteiger partial charge in [-0.2, -0.15) is 0 Å². The summed E-state index contributed by atoms with van der Waals surface area (Å²) in [6.45, 7) is 2.10. The van der Waals surface area contributed by atoms with E-state index in [0.29, 0.717) is 34.0 Å². The molecule has 1 aliphatic rings. The fourth-order valence-corrected chi connectivity index (χ4v) is 3.68. The number of aromatic amines is 1. The summed E-state index contributed by atoms with van der Waals surface area (Å²) in [6.07, 6.45) is 1.77. The number of ether oxygens (including phenoxy) is 1. The fraction of sp³-hybridized carbons (Fsp3) is 0.182. The van der Waals surface area contributed by atoms with Crippen molar-refractivity contribution in [1.82, 2.24) is 15.0 Å². The zero-order chi connectivity index (χ0) is 20.8. The Morgan fingerprint density at radius 3 is 2.80 bits per heavy atom. The number of para-hydroxylation sites is 1. The molecular weight excluding hydrogens is 390 g/mol. The lowest BCUT2D eigenvalue weighted by Gasteiger charge is -2.37. The number of imidazole rings is 1. The number of aliphatic hydroxyl groups is 1. The van der Waals surface area contributed by atoms with Crippen LogP contribution in [0.3, 0.4) is 0 Å². The highest BCUT2D eigenvalue weighted by Crippen LogP contribution is 2.44. The first kappa shape index (κ1) is 18.5. The third-order valence-electron chi connectivity index (χ3n) is 5.17. The first-order valence-electron chi connectivity index (χ1n) is 9.49. The number of nitrogens with one attached hydrogen (secondary N) is 1. The van der Waals surface area contributed by atoms with E-state index in [1.54, 1.807) is 6.20 Å². The smallest absolute Gasteiger partial charge is 0.161 e. The molecule has 0 spiro atoms. The molecule has 0 saturated carbocycles. The normalized spacial score (nSPS) is 15.9. The average molecular weight is 408 g/mol. The molecule has 30 heavy (non-hydrogen) atoms. The van der Waals surface area contributed by atoms with Gasteiger partial charge in [-0.3, -0.25) is 0 Å². The van der Waals surface area contributed by atoms with Gasteiger partial charge >= 0.3 is 0 Å². The molecule has 2 aromatic carbocycles. The molecule has 0 unspecified atom stereocenters. The van der Waals surface area contributed by atoms with Gasteiger partial charge in [-0.25, -0.2) is 18.7 Å². The molecule has 0 bridgehead atoms. The monoisotopic (exact) mass is 408 g/mol. The Bertz CT molecular complexity index is 1200. The summed E-state index contributed by atoms with van der Waals surface area (Å²) in [4.78, 5) is 13.9. The van der Waals surface area contributed by atoms with Crippen molar-refractivity contribution in [2.45, 2.75) is 13.0 Å². The number of benzene rings is 2. The van der Waals surface area contributed by atoms with Crippen LogP contribution in [0.15, 0.2) is 48.7 Å². The number of fused-ring (bicyclic) bond motifs is 2. The van der Waals surface area contributed by atoms with E-state index in [4.69, 9.17) is 4.74 Å². The Morgan fingerprint density at radius 2 is 2.03 bits per heavy atom. The molecule has 3 heterocycles. The minimum Gasteiger partial charge on any atom is -0.488 e. The highest BCUT2D eigenvalue weighted by Gasteiger charge is 2.31. The lowest BCUT2D eigenvalue weighted by molar-refractivity contribution is 0.195. The third kappa shape index (κ3) is 2.96. The minimum absolute atomic E-state index is 0.109. The molecule has 0 amide bonds. The summed E-state index contributed by atoms with van der Waals surface area (Å²) in [6, 6.07) is 11.2. The van der Waals surface area contributed by atoms with Crippen LogP contribution in [-0.4, -0.2) is 39.3 Å². The van der Waals surface area contributed by atoms with E-state index in [0.717, 1.165) is 23.4 Å². The number of H-pyrrole nitrogens is 1. The lowest BCUT2D eigenvalue weighted by Crippen LogP contribution is -2.43. The molecule has 2 aromatic heterocycles. The number of aryl methyl sites for hydroxylation is 1. The Hall–Kier alpha value is -3.52. The maximum Gasteiger partial charge on any atom is 0.161 e. The number of nitrogens with zero attached hydrogens (tertiary/aromatic N) is 3. The van der Waals surface area contributed by atoms with Gasteiger partial charge in [0.2, 0.25) is 0 Å². The number of hydrogen-bond acceptors (Lipinski definition) is 5. The van der Waals surface area contributed by atoms with Crippen molar-refractivity contribution in [3.8, 4) is 17.1 Å². The second-order valence-electron chi connectivity index (χ2n) is 7.23. The number of pyridine rings is 1. The van der Waals surface area contributed by atoms with Gasteiger partial charge in [0.25, 0.3) is 0 Å². The molecule has 0 saturated heterocycles. The maximum atomic E-state index is 13.6. The van der Waals surface area contributed by atoms with Gasteiger partial charge in [0.05, 0.1) is 34.9 Å². The largest absolute Gasteiger partial charge is 0.488 e. The average Bonchev–Trinajstić information content (AvgIpc) is 3.16. The molecule has 8 heteroatoms. The van der Waals surface area contributed by atoms with E-state index in [1.165, 1.54) is 0 Å². The van der Waals surface area contributed by atoms with Crippen LogP contribution in [0, 0.1) is 18.6 Å². The van der Waals surface area contributed by atoms with Crippen molar-refractivity contribution in [1.29, 1.82) is 0 Å². The lowest BCUT2D eigenvalue weighted by atomic mass is 10.1. The molecule has 4 aromatic rings. The van der Waals surface area contributed by atoms with Crippen molar-refractivity contribution in [2.75, 3.05) is 18.1 Å². The van der Waals surface area contributed by atoms with Crippen molar-refractivity contribution in [2.24, 2.45) is 0 Å². The predicted molar refractivity (Wildman–Crippen MR) is 109 cm³/mol. The van der Waals surface area contributed by atoms with Crippen LogP contribution in [0.25, 0.3) is 22.4 Å². The molecule has 5 rings (SSSR count). The summed E-state index contributed by atoms with van der Waals surface area (Å²) in [5, 5.41) is 9.90. The van der Waals surface area contributed by atoms with Crippen LogP contribution in [0.5, 0.6) is 5.75 Å². The SMILES string of the molecule is Cc1ccc(N2c3cccc(-c4nc5cc(F)c(F)cc5[nH]4)c3OC[C@@H]2CO)nc1. The molecule has 0 aliphatic carbocycles. The van der Waals surface area contributed by atoms with Gasteiger partial charge in [0.1, 0.15) is 18.2 Å². The Balaban J connectivity index is 1.65. The van der Waals surface area contributed by atoms with Crippen molar-refractivity contribution in [3.63, 3.8) is 0 Å². The van der Waals surface area contributed by atoms with Gasteiger partial charge in [-0.05, 0) is 30.7 Å². The standard InChI is InChI=1S/C22H18F2N4O2/c1-12-5-6-20(25-9-12)28-13(10-29)11-30-21-14(3-2-4-19(21)28)22-26-17-7-15(23)16(24)8-18(17)27-22/h2-9,13,29H,10-11H2,1H3,(H,26,27)/t13-/m0/s1.